The van der Waals surface area contributed by atoms with E-state index in [2.05, 4.69) is 16.8 Å². The van der Waals surface area contributed by atoms with E-state index in [9.17, 15) is 9.59 Å². The predicted octanol–water partition coefficient (Wildman–Crippen LogP) is 3.22. The lowest BCUT2D eigenvalue weighted by atomic mass is 10.1. The van der Waals surface area contributed by atoms with Gasteiger partial charge in [0.15, 0.2) is 0 Å². The highest BCUT2D eigenvalue weighted by Gasteiger charge is 2.28. The molecule has 0 saturated carbocycles. The van der Waals surface area contributed by atoms with Crippen molar-refractivity contribution in [2.75, 3.05) is 6.54 Å². The molecule has 3 rings (SSSR count). The molecular formula is C19H22N2O3S. The maximum Gasteiger partial charge on any atom is 0.245 e. The second-order valence-electron chi connectivity index (χ2n) is 6.08. The van der Waals surface area contributed by atoms with E-state index in [4.69, 9.17) is 4.42 Å². The monoisotopic (exact) mass is 358 g/mol. The van der Waals surface area contributed by atoms with E-state index in [1.807, 2.05) is 11.8 Å². The fourth-order valence-corrected chi connectivity index (χ4v) is 3.86. The first kappa shape index (κ1) is 17.5. The van der Waals surface area contributed by atoms with Crippen LogP contribution in [-0.2, 0) is 22.6 Å². The van der Waals surface area contributed by atoms with Crippen molar-refractivity contribution in [3.63, 3.8) is 0 Å². The predicted molar refractivity (Wildman–Crippen MR) is 98.0 cm³/mol. The van der Waals surface area contributed by atoms with Gasteiger partial charge < -0.3 is 14.6 Å². The van der Waals surface area contributed by atoms with E-state index < -0.39 is 6.04 Å². The molecule has 0 saturated heterocycles. The van der Waals surface area contributed by atoms with Gasteiger partial charge in [-0.2, -0.15) is 0 Å². The van der Waals surface area contributed by atoms with Crippen LogP contribution in [0.1, 0.15) is 36.0 Å². The van der Waals surface area contributed by atoms with Crippen molar-refractivity contribution in [3.8, 4) is 0 Å². The number of thiophene rings is 1. The molecule has 2 amide bonds. The standard InChI is InChI=1S/C19H22N2O3S/c1-2-4-16(20-18(22)7-6-15-5-3-11-24-15)19(23)21-10-8-17-14(13-21)9-12-25-17/h3,5-7,9,11-12,16H,2,4,8,10,13H2,1H3,(H,20,22)/b7-6+. The van der Waals surface area contributed by atoms with E-state index in [-0.39, 0.29) is 11.8 Å². The quantitative estimate of drug-likeness (QED) is 0.807. The van der Waals surface area contributed by atoms with Gasteiger partial charge in [-0.3, -0.25) is 9.59 Å². The van der Waals surface area contributed by atoms with Gasteiger partial charge in [-0.15, -0.1) is 11.3 Å². The topological polar surface area (TPSA) is 62.6 Å². The largest absolute Gasteiger partial charge is 0.465 e. The Bertz CT molecular complexity index is 749. The second-order valence-corrected chi connectivity index (χ2v) is 7.08. The molecular weight excluding hydrogens is 336 g/mol. The van der Waals surface area contributed by atoms with Crippen LogP contribution in [0.5, 0.6) is 0 Å². The molecule has 5 nitrogen and oxygen atoms in total. The van der Waals surface area contributed by atoms with Crippen LogP contribution < -0.4 is 5.32 Å². The van der Waals surface area contributed by atoms with Gasteiger partial charge in [0.25, 0.3) is 0 Å². The van der Waals surface area contributed by atoms with Crippen LogP contribution in [0.2, 0.25) is 0 Å². The second kappa shape index (κ2) is 8.16. The molecule has 0 aromatic carbocycles. The van der Waals surface area contributed by atoms with Crippen LogP contribution in [0.4, 0.5) is 0 Å². The lowest BCUT2D eigenvalue weighted by molar-refractivity contribution is -0.136. The summed E-state index contributed by atoms with van der Waals surface area (Å²) in [5.41, 5.74) is 1.23. The first-order valence-electron chi connectivity index (χ1n) is 8.53. The molecule has 0 fully saturated rings. The smallest absolute Gasteiger partial charge is 0.245 e. The van der Waals surface area contributed by atoms with E-state index >= 15 is 0 Å². The highest BCUT2D eigenvalue weighted by molar-refractivity contribution is 7.10. The maximum absolute atomic E-state index is 12.9. The van der Waals surface area contributed by atoms with Gasteiger partial charge in [-0.25, -0.2) is 0 Å². The van der Waals surface area contributed by atoms with Crippen molar-refractivity contribution >= 4 is 29.2 Å². The zero-order chi connectivity index (χ0) is 17.6. The molecule has 2 aromatic heterocycles. The average Bonchev–Trinajstić information content (AvgIpc) is 3.29. The fourth-order valence-electron chi connectivity index (χ4n) is 2.97. The number of hydrogen-bond acceptors (Lipinski definition) is 4. The molecule has 1 aliphatic heterocycles. The number of carbonyl (C=O) groups is 2. The van der Waals surface area contributed by atoms with Gasteiger partial charge in [0.2, 0.25) is 11.8 Å². The Morgan fingerprint density at radius 2 is 2.32 bits per heavy atom. The Morgan fingerprint density at radius 1 is 1.44 bits per heavy atom. The van der Waals surface area contributed by atoms with Crippen LogP contribution >= 0.6 is 11.3 Å². The Hall–Kier alpha value is -2.34. The summed E-state index contributed by atoms with van der Waals surface area (Å²) >= 11 is 1.75. The first-order valence-corrected chi connectivity index (χ1v) is 9.41. The SMILES string of the molecule is CCCC(NC(=O)/C=C/c1ccco1)C(=O)N1CCc2sccc2C1. The van der Waals surface area contributed by atoms with Crippen molar-refractivity contribution in [1.29, 1.82) is 0 Å². The molecule has 1 N–H and O–H groups in total. The average molecular weight is 358 g/mol. The van der Waals surface area contributed by atoms with Crippen LogP contribution in [0.25, 0.3) is 6.08 Å². The molecule has 2 aromatic rings. The molecule has 0 spiro atoms. The number of nitrogens with one attached hydrogen (secondary N) is 1. The maximum atomic E-state index is 12.9. The van der Waals surface area contributed by atoms with Crippen molar-refractivity contribution in [1.82, 2.24) is 10.2 Å². The van der Waals surface area contributed by atoms with Gasteiger partial charge >= 0.3 is 0 Å². The van der Waals surface area contributed by atoms with E-state index in [0.717, 1.165) is 12.8 Å². The summed E-state index contributed by atoms with van der Waals surface area (Å²) in [6, 6.07) is 5.12. The minimum Gasteiger partial charge on any atom is -0.465 e. The minimum absolute atomic E-state index is 0.00144. The first-order chi connectivity index (χ1) is 12.2. The normalized spacial score (nSPS) is 15.2. The summed E-state index contributed by atoms with van der Waals surface area (Å²) in [5.74, 6) is 0.324. The number of amides is 2. The molecule has 0 aliphatic carbocycles. The molecule has 25 heavy (non-hydrogen) atoms. The zero-order valence-electron chi connectivity index (χ0n) is 14.2. The zero-order valence-corrected chi connectivity index (χ0v) is 15.1. The third kappa shape index (κ3) is 4.39. The summed E-state index contributed by atoms with van der Waals surface area (Å²) in [4.78, 5) is 28.2. The molecule has 0 bridgehead atoms. The van der Waals surface area contributed by atoms with Crippen molar-refractivity contribution < 1.29 is 14.0 Å². The van der Waals surface area contributed by atoms with Gasteiger partial charge in [0, 0.05) is 24.0 Å². The highest BCUT2D eigenvalue weighted by Crippen LogP contribution is 2.24. The lowest BCUT2D eigenvalue weighted by Crippen LogP contribution is -2.49. The fraction of sp³-hybridized carbons (Fsp3) is 0.368. The molecule has 0 radical (unpaired) electrons. The summed E-state index contributed by atoms with van der Waals surface area (Å²) in [6.45, 7) is 3.36. The Kier molecular flexibility index (Phi) is 5.71. The summed E-state index contributed by atoms with van der Waals surface area (Å²) in [6.07, 6.45) is 6.91. The number of rotatable bonds is 6. The molecule has 1 atom stereocenters. The minimum atomic E-state index is -0.487. The van der Waals surface area contributed by atoms with Crippen molar-refractivity contribution in [2.24, 2.45) is 0 Å². The van der Waals surface area contributed by atoms with Gasteiger partial charge in [0.05, 0.1) is 6.26 Å². The number of furan rings is 1. The molecule has 6 heteroatoms. The van der Waals surface area contributed by atoms with Crippen LogP contribution in [0.15, 0.2) is 40.3 Å². The Balaban J connectivity index is 1.62. The molecule has 3 heterocycles. The Morgan fingerprint density at radius 3 is 3.08 bits per heavy atom. The number of nitrogens with zero attached hydrogens (tertiary/aromatic N) is 1. The van der Waals surface area contributed by atoms with E-state index in [1.54, 1.807) is 35.8 Å². The van der Waals surface area contributed by atoms with Gasteiger partial charge in [-0.1, -0.05) is 13.3 Å². The van der Waals surface area contributed by atoms with Crippen LogP contribution in [-0.4, -0.2) is 29.3 Å². The number of fused-ring (bicyclic) bond motifs is 1. The third-order valence-electron chi connectivity index (χ3n) is 4.25. The van der Waals surface area contributed by atoms with Crippen LogP contribution in [0, 0.1) is 0 Å². The number of hydrogen-bond donors (Lipinski definition) is 1. The molecule has 1 unspecified atom stereocenters. The number of carbonyl (C=O) groups excluding carboxylic acids is 2. The third-order valence-corrected chi connectivity index (χ3v) is 5.28. The van der Waals surface area contributed by atoms with E-state index in [0.29, 0.717) is 25.3 Å². The van der Waals surface area contributed by atoms with E-state index in [1.165, 1.54) is 16.5 Å². The summed E-state index contributed by atoms with van der Waals surface area (Å²) in [7, 11) is 0. The lowest BCUT2D eigenvalue weighted by Gasteiger charge is -2.30. The summed E-state index contributed by atoms with van der Waals surface area (Å²) < 4.78 is 5.16. The Labute approximate surface area is 151 Å². The van der Waals surface area contributed by atoms with Crippen molar-refractivity contribution in [2.45, 2.75) is 38.8 Å². The molecule has 132 valence electrons. The van der Waals surface area contributed by atoms with Gasteiger partial charge in [0.1, 0.15) is 11.8 Å². The highest BCUT2D eigenvalue weighted by atomic mass is 32.1. The van der Waals surface area contributed by atoms with Crippen molar-refractivity contribution in [3.05, 3.63) is 52.1 Å². The van der Waals surface area contributed by atoms with Gasteiger partial charge in [-0.05, 0) is 48.1 Å². The summed E-state index contributed by atoms with van der Waals surface area (Å²) in [5, 5.41) is 4.91. The van der Waals surface area contributed by atoms with Crippen LogP contribution in [0.3, 0.4) is 0 Å². The molecule has 1 aliphatic rings.